The number of nitrogens with zero attached hydrogens (tertiary/aromatic N) is 2. The van der Waals surface area contributed by atoms with Crippen molar-refractivity contribution >= 4 is 68.7 Å². The van der Waals surface area contributed by atoms with E-state index in [4.69, 9.17) is 28.3 Å². The van der Waals surface area contributed by atoms with Gasteiger partial charge in [0.1, 0.15) is 5.75 Å². The number of hydrogen-bond donors (Lipinski definition) is 2. The summed E-state index contributed by atoms with van der Waals surface area (Å²) in [5.41, 5.74) is 1.38. The number of benzene rings is 1. The van der Waals surface area contributed by atoms with E-state index in [1.54, 1.807) is 25.1 Å². The number of aryl methyl sites for hydroxylation is 1. The minimum Gasteiger partial charge on any atom is -0.507 e. The fraction of sp³-hybridized carbons (Fsp3) is 0.536. The van der Waals surface area contributed by atoms with Crippen LogP contribution in [0.5, 0.6) is 5.75 Å². The number of fused-ring (bicyclic) bond motifs is 4. The van der Waals surface area contributed by atoms with Crippen LogP contribution in [0.15, 0.2) is 29.8 Å². The number of allylic oxidation sites excluding steroid dienone is 2. The van der Waals surface area contributed by atoms with Crippen LogP contribution in [0.4, 0.5) is 0 Å². The van der Waals surface area contributed by atoms with Gasteiger partial charge in [0.2, 0.25) is 11.8 Å². The van der Waals surface area contributed by atoms with Gasteiger partial charge in [-0.1, -0.05) is 52.2 Å². The van der Waals surface area contributed by atoms with E-state index in [2.05, 4.69) is 15.9 Å². The highest BCUT2D eigenvalue weighted by atomic mass is 79.9. The second-order valence-corrected chi connectivity index (χ2v) is 12.8. The average molecular weight is 656 g/mol. The number of unbranched alkanes of at least 4 members (excludes halogenated alkanes) is 2. The summed E-state index contributed by atoms with van der Waals surface area (Å²) in [7, 11) is 0. The molecule has 9 nitrogen and oxygen atoms in total. The lowest BCUT2D eigenvalue weighted by Crippen LogP contribution is -2.60. The lowest BCUT2D eigenvalue weighted by molar-refractivity contribution is -0.141. The first-order valence-corrected chi connectivity index (χ1v) is 15.1. The Morgan fingerprint density at radius 1 is 1.05 bits per heavy atom. The van der Waals surface area contributed by atoms with Gasteiger partial charge in [0.25, 0.3) is 11.8 Å². The summed E-state index contributed by atoms with van der Waals surface area (Å²) in [6, 6.07) is 5.07. The number of phenols is 1. The quantitative estimate of drug-likeness (QED) is 0.142. The summed E-state index contributed by atoms with van der Waals surface area (Å²) >= 11 is 17.5. The molecule has 0 spiro atoms. The van der Waals surface area contributed by atoms with Gasteiger partial charge >= 0.3 is 5.97 Å². The maximum absolute atomic E-state index is 13.8. The molecular weight excluding hydrogens is 627 g/mol. The van der Waals surface area contributed by atoms with E-state index in [0.29, 0.717) is 36.0 Å². The summed E-state index contributed by atoms with van der Waals surface area (Å²) < 4.78 is 0. The maximum atomic E-state index is 13.8. The third kappa shape index (κ3) is 4.04. The fourth-order valence-electron chi connectivity index (χ4n) is 7.02. The molecule has 214 valence electrons. The molecule has 0 radical (unpaired) electrons. The van der Waals surface area contributed by atoms with Gasteiger partial charge in [0, 0.05) is 24.4 Å². The summed E-state index contributed by atoms with van der Waals surface area (Å²) in [6.07, 6.45) is 3.45. The molecule has 2 aliphatic heterocycles. The zero-order chi connectivity index (χ0) is 29.1. The van der Waals surface area contributed by atoms with Gasteiger partial charge in [-0.2, -0.15) is 0 Å². The highest BCUT2D eigenvalue weighted by Gasteiger charge is 2.76. The van der Waals surface area contributed by atoms with E-state index in [-0.39, 0.29) is 48.8 Å². The molecule has 5 rings (SSSR count). The van der Waals surface area contributed by atoms with Crippen LogP contribution in [-0.4, -0.2) is 71.4 Å². The van der Waals surface area contributed by atoms with Crippen LogP contribution in [0.1, 0.15) is 55.6 Å². The van der Waals surface area contributed by atoms with E-state index < -0.39 is 51.2 Å². The molecule has 3 fully saturated rings. The van der Waals surface area contributed by atoms with Crippen molar-refractivity contribution in [3.05, 3.63) is 41.0 Å². The van der Waals surface area contributed by atoms with Crippen LogP contribution in [0.3, 0.4) is 0 Å². The molecule has 2 saturated heterocycles. The molecule has 6 atom stereocenters. The maximum Gasteiger partial charge on any atom is 0.303 e. The lowest BCUT2D eigenvalue weighted by Gasteiger charge is -2.50. The van der Waals surface area contributed by atoms with Crippen LogP contribution >= 0.6 is 39.1 Å². The summed E-state index contributed by atoms with van der Waals surface area (Å²) in [6.45, 7) is 1.88. The van der Waals surface area contributed by atoms with Crippen LogP contribution in [-0.2, 0) is 24.0 Å². The Balaban J connectivity index is 1.55. The van der Waals surface area contributed by atoms with E-state index in [1.807, 2.05) is 6.08 Å². The zero-order valence-electron chi connectivity index (χ0n) is 21.7. The Morgan fingerprint density at radius 3 is 2.45 bits per heavy atom. The van der Waals surface area contributed by atoms with Gasteiger partial charge in [0.05, 0.1) is 17.3 Å². The first kappa shape index (κ1) is 29.1. The highest BCUT2D eigenvalue weighted by molar-refractivity contribution is 9.09. The van der Waals surface area contributed by atoms with Crippen LogP contribution in [0, 0.1) is 24.7 Å². The Labute approximate surface area is 249 Å². The standard InChI is InChI=1S/C28H29BrCl2N2O7/c1-14-6-5-7-17(22(14)36)21-15-9-10-16-20(24(38)32(23(16)37)11-4-2-3-8-19(34)35)18(15)12-27(30)25(39)33(13-29)26(40)28(21,27)31/h5-7,9,16,18,20-21,36H,2-4,8,10-13H2,1H3,(H,34,35). The number of carbonyl (C=O) groups excluding carboxylic acids is 4. The van der Waals surface area contributed by atoms with Crippen molar-refractivity contribution in [3.8, 4) is 5.75 Å². The predicted molar refractivity (Wildman–Crippen MR) is 149 cm³/mol. The number of carbonyl (C=O) groups is 5. The zero-order valence-corrected chi connectivity index (χ0v) is 24.8. The Bertz CT molecular complexity index is 1350. The number of phenolic OH excluding ortho intramolecular Hbond substituents is 1. The van der Waals surface area contributed by atoms with Gasteiger partial charge in [-0.15, -0.1) is 23.2 Å². The first-order chi connectivity index (χ1) is 18.9. The molecule has 0 aromatic heterocycles. The molecule has 6 unspecified atom stereocenters. The molecule has 4 aliphatic rings. The third-order valence-electron chi connectivity index (χ3n) is 8.96. The molecule has 0 bridgehead atoms. The molecule has 1 aromatic rings. The third-order valence-corrected chi connectivity index (χ3v) is 10.9. The fourth-order valence-corrected chi connectivity index (χ4v) is 8.44. The molecule has 2 N–H and O–H groups in total. The van der Waals surface area contributed by atoms with Gasteiger partial charge in [-0.05, 0) is 44.1 Å². The minimum absolute atomic E-state index is 0.0197. The second kappa shape index (κ2) is 10.4. The number of imide groups is 2. The molecular formula is C28H29BrCl2N2O7. The van der Waals surface area contributed by atoms with Crippen molar-refractivity contribution in [2.45, 2.75) is 61.1 Å². The van der Waals surface area contributed by atoms with E-state index in [1.165, 1.54) is 4.90 Å². The number of aromatic hydroxyl groups is 1. The van der Waals surface area contributed by atoms with E-state index in [9.17, 15) is 29.1 Å². The molecule has 2 heterocycles. The number of hydrogen-bond acceptors (Lipinski definition) is 6. The summed E-state index contributed by atoms with van der Waals surface area (Å²) in [5.74, 6) is -6.13. The number of carboxylic acid groups (broad SMARTS) is 1. The number of amides is 4. The Hall–Kier alpha value is -2.43. The predicted octanol–water partition coefficient (Wildman–Crippen LogP) is 4.06. The van der Waals surface area contributed by atoms with Crippen LogP contribution < -0.4 is 0 Å². The number of aliphatic carboxylic acids is 1. The normalized spacial score (nSPS) is 33.1. The SMILES string of the molecule is Cc1cccc(C2C3=CCC4C(=O)N(CCCCCC(=O)O)C(=O)C4C3CC3(Cl)C(=O)N(CBr)C(=O)C23Cl)c1O. The highest BCUT2D eigenvalue weighted by Crippen LogP contribution is 2.66. The van der Waals surface area contributed by atoms with Gasteiger partial charge in [-0.3, -0.25) is 33.8 Å². The van der Waals surface area contributed by atoms with Gasteiger partial charge in [-0.25, -0.2) is 0 Å². The van der Waals surface area contributed by atoms with Crippen molar-refractivity contribution in [1.29, 1.82) is 0 Å². The first-order valence-electron chi connectivity index (χ1n) is 13.3. The number of carboxylic acids is 1. The lowest BCUT2D eigenvalue weighted by atomic mass is 9.56. The number of alkyl halides is 3. The average Bonchev–Trinajstić information content (AvgIpc) is 3.23. The Kier molecular flexibility index (Phi) is 7.59. The van der Waals surface area contributed by atoms with Crippen molar-refractivity contribution in [2.24, 2.45) is 17.8 Å². The number of rotatable bonds is 8. The van der Waals surface area contributed by atoms with Crippen molar-refractivity contribution in [3.63, 3.8) is 0 Å². The molecule has 4 amide bonds. The largest absolute Gasteiger partial charge is 0.507 e. The molecule has 40 heavy (non-hydrogen) atoms. The summed E-state index contributed by atoms with van der Waals surface area (Å²) in [5, 5.41) is 20.0. The molecule has 1 aromatic carbocycles. The Morgan fingerprint density at radius 2 is 1.77 bits per heavy atom. The summed E-state index contributed by atoms with van der Waals surface area (Å²) in [4.78, 5) is 63.7. The number of para-hydroxylation sites is 1. The van der Waals surface area contributed by atoms with Crippen LogP contribution in [0.2, 0.25) is 0 Å². The molecule has 12 heteroatoms. The number of likely N-dealkylation sites (tertiary alicyclic amines) is 2. The smallest absolute Gasteiger partial charge is 0.303 e. The molecule has 1 saturated carbocycles. The minimum atomic E-state index is -1.96. The number of halogens is 3. The van der Waals surface area contributed by atoms with Gasteiger partial charge in [0.15, 0.2) is 9.75 Å². The second-order valence-electron chi connectivity index (χ2n) is 11.0. The molecule has 2 aliphatic carbocycles. The van der Waals surface area contributed by atoms with Crippen molar-refractivity contribution < 1.29 is 34.2 Å². The van der Waals surface area contributed by atoms with Crippen molar-refractivity contribution in [1.82, 2.24) is 9.80 Å². The monoisotopic (exact) mass is 654 g/mol. The topological polar surface area (TPSA) is 132 Å². The van der Waals surface area contributed by atoms with Crippen molar-refractivity contribution in [2.75, 3.05) is 12.0 Å². The van der Waals surface area contributed by atoms with Gasteiger partial charge < -0.3 is 10.2 Å². The van der Waals surface area contributed by atoms with E-state index in [0.717, 1.165) is 4.90 Å². The van der Waals surface area contributed by atoms with Crippen LogP contribution in [0.25, 0.3) is 0 Å². The van der Waals surface area contributed by atoms with E-state index >= 15 is 0 Å².